The Morgan fingerprint density at radius 3 is 2.89 bits per heavy atom. The van der Waals surface area contributed by atoms with Gasteiger partial charge in [-0.15, -0.1) is 0 Å². The van der Waals surface area contributed by atoms with Crippen molar-refractivity contribution in [1.82, 2.24) is 10.3 Å². The summed E-state index contributed by atoms with van der Waals surface area (Å²) in [6.07, 6.45) is 1.09. The molecule has 1 aromatic heterocycles. The van der Waals surface area contributed by atoms with Crippen molar-refractivity contribution in [3.8, 4) is 0 Å². The second kappa shape index (κ2) is 6.87. The van der Waals surface area contributed by atoms with Crippen molar-refractivity contribution < 1.29 is 10.0 Å². The van der Waals surface area contributed by atoms with Crippen LogP contribution >= 0.6 is 0 Å². The third kappa shape index (κ3) is 4.64. The summed E-state index contributed by atoms with van der Waals surface area (Å²) in [6, 6.07) is 1.42. The Hall–Kier alpha value is -1.73. The number of hydrogen-bond donors (Lipinski definition) is 3. The molecule has 0 aromatic carbocycles. The Morgan fingerprint density at radius 2 is 2.28 bits per heavy atom. The Balaban J connectivity index is 2.43. The number of nitro groups is 1. The number of anilines is 1. The van der Waals surface area contributed by atoms with Gasteiger partial charge in [-0.05, 0) is 13.8 Å². The van der Waals surface area contributed by atoms with E-state index in [1.165, 1.54) is 12.3 Å². The number of nitrogens with one attached hydrogen (secondary N) is 2. The third-order valence-electron chi connectivity index (χ3n) is 2.32. The highest BCUT2D eigenvalue weighted by Crippen LogP contribution is 2.19. The monoisotopic (exact) mass is 254 g/mol. The molecular weight excluding hydrogens is 236 g/mol. The van der Waals surface area contributed by atoms with E-state index in [2.05, 4.69) is 15.6 Å². The molecule has 7 heteroatoms. The second-order valence-corrected chi connectivity index (χ2v) is 4.09. The van der Waals surface area contributed by atoms with Crippen molar-refractivity contribution in [2.45, 2.75) is 20.0 Å². The summed E-state index contributed by atoms with van der Waals surface area (Å²) in [5, 5.41) is 25.8. The van der Waals surface area contributed by atoms with Crippen LogP contribution in [0.4, 0.5) is 11.5 Å². The van der Waals surface area contributed by atoms with Gasteiger partial charge in [0.15, 0.2) is 0 Å². The van der Waals surface area contributed by atoms with E-state index in [-0.39, 0.29) is 11.8 Å². The molecule has 18 heavy (non-hydrogen) atoms. The van der Waals surface area contributed by atoms with E-state index < -0.39 is 4.92 Å². The van der Waals surface area contributed by atoms with Gasteiger partial charge in [0.05, 0.1) is 17.1 Å². The number of aliphatic hydroxyl groups is 1. The van der Waals surface area contributed by atoms with Crippen LogP contribution in [0.5, 0.6) is 0 Å². The van der Waals surface area contributed by atoms with E-state index in [1.54, 1.807) is 13.8 Å². The van der Waals surface area contributed by atoms with Gasteiger partial charge in [0.1, 0.15) is 5.82 Å². The fraction of sp³-hybridized carbons (Fsp3) is 0.545. The first-order valence-corrected chi connectivity index (χ1v) is 5.74. The van der Waals surface area contributed by atoms with Crippen molar-refractivity contribution in [3.05, 3.63) is 27.9 Å². The van der Waals surface area contributed by atoms with Crippen molar-refractivity contribution in [2.24, 2.45) is 0 Å². The molecule has 0 saturated heterocycles. The lowest BCUT2D eigenvalue weighted by Crippen LogP contribution is -2.29. The SMILES string of the molecule is Cc1cnc(NCCNCC(C)O)cc1[N+](=O)[O-]. The zero-order valence-corrected chi connectivity index (χ0v) is 10.5. The molecule has 100 valence electrons. The molecule has 0 aliphatic rings. The van der Waals surface area contributed by atoms with E-state index in [0.717, 1.165) is 0 Å². The van der Waals surface area contributed by atoms with E-state index in [0.29, 0.717) is 31.0 Å². The average molecular weight is 254 g/mol. The Morgan fingerprint density at radius 1 is 1.56 bits per heavy atom. The lowest BCUT2D eigenvalue weighted by atomic mass is 10.2. The molecule has 1 rings (SSSR count). The van der Waals surface area contributed by atoms with E-state index in [4.69, 9.17) is 5.11 Å². The minimum absolute atomic E-state index is 0.0597. The number of nitrogens with zero attached hydrogens (tertiary/aromatic N) is 2. The molecule has 0 spiro atoms. The zero-order valence-electron chi connectivity index (χ0n) is 10.5. The molecular formula is C11H18N4O3. The molecule has 0 fully saturated rings. The van der Waals surface area contributed by atoms with Gasteiger partial charge in [0, 0.05) is 31.4 Å². The number of hydrogen-bond acceptors (Lipinski definition) is 6. The summed E-state index contributed by atoms with van der Waals surface area (Å²) < 4.78 is 0. The molecule has 1 heterocycles. The highest BCUT2D eigenvalue weighted by atomic mass is 16.6. The van der Waals surface area contributed by atoms with Gasteiger partial charge in [-0.25, -0.2) is 4.98 Å². The van der Waals surface area contributed by atoms with Crippen LogP contribution in [0, 0.1) is 17.0 Å². The van der Waals surface area contributed by atoms with E-state index in [1.807, 2.05) is 0 Å². The smallest absolute Gasteiger partial charge is 0.277 e. The van der Waals surface area contributed by atoms with E-state index in [9.17, 15) is 10.1 Å². The molecule has 0 radical (unpaired) electrons. The summed E-state index contributed by atoms with van der Waals surface area (Å²) in [4.78, 5) is 14.4. The first-order chi connectivity index (χ1) is 8.50. The fourth-order valence-corrected chi connectivity index (χ4v) is 1.40. The summed E-state index contributed by atoms with van der Waals surface area (Å²) in [7, 11) is 0. The molecule has 0 aliphatic carbocycles. The fourth-order valence-electron chi connectivity index (χ4n) is 1.40. The first kappa shape index (κ1) is 14.3. The largest absolute Gasteiger partial charge is 0.392 e. The van der Waals surface area contributed by atoms with Crippen LogP contribution in [0.25, 0.3) is 0 Å². The maximum Gasteiger partial charge on any atom is 0.277 e. The number of aliphatic hydroxyl groups excluding tert-OH is 1. The molecule has 0 bridgehead atoms. The van der Waals surface area contributed by atoms with Crippen LogP contribution in [-0.2, 0) is 0 Å². The first-order valence-electron chi connectivity index (χ1n) is 5.74. The Labute approximate surface area is 105 Å². The predicted octanol–water partition coefficient (Wildman–Crippen LogP) is 0.681. The molecule has 1 atom stereocenters. The van der Waals surface area contributed by atoms with Gasteiger partial charge in [0.25, 0.3) is 5.69 Å². The zero-order chi connectivity index (χ0) is 13.5. The molecule has 0 amide bonds. The standard InChI is InChI=1S/C11H18N4O3/c1-8-6-14-11(5-10(8)15(17)18)13-4-3-12-7-9(2)16/h5-6,9,12,16H,3-4,7H2,1-2H3,(H,13,14). The summed E-state index contributed by atoms with van der Waals surface area (Å²) in [5.41, 5.74) is 0.599. The van der Waals surface area contributed by atoms with Gasteiger partial charge in [0.2, 0.25) is 0 Å². The normalized spacial score (nSPS) is 12.2. The maximum absolute atomic E-state index is 10.7. The minimum Gasteiger partial charge on any atom is -0.392 e. The third-order valence-corrected chi connectivity index (χ3v) is 2.32. The van der Waals surface area contributed by atoms with E-state index >= 15 is 0 Å². The Kier molecular flexibility index (Phi) is 5.47. The molecule has 1 unspecified atom stereocenters. The average Bonchev–Trinajstić information content (AvgIpc) is 2.30. The van der Waals surface area contributed by atoms with Crippen LogP contribution in [0.2, 0.25) is 0 Å². The van der Waals surface area contributed by atoms with Crippen LogP contribution in [0.15, 0.2) is 12.3 Å². The van der Waals surface area contributed by atoms with Crippen LogP contribution in [0.1, 0.15) is 12.5 Å². The highest BCUT2D eigenvalue weighted by molar-refractivity contribution is 5.48. The van der Waals surface area contributed by atoms with Gasteiger partial charge in [-0.2, -0.15) is 0 Å². The van der Waals surface area contributed by atoms with Crippen molar-refractivity contribution >= 4 is 11.5 Å². The number of aryl methyl sites for hydroxylation is 1. The number of rotatable bonds is 7. The molecule has 1 aromatic rings. The van der Waals surface area contributed by atoms with Gasteiger partial charge >= 0.3 is 0 Å². The highest BCUT2D eigenvalue weighted by Gasteiger charge is 2.11. The van der Waals surface area contributed by atoms with Crippen LogP contribution < -0.4 is 10.6 Å². The summed E-state index contributed by atoms with van der Waals surface area (Å²) >= 11 is 0. The van der Waals surface area contributed by atoms with Crippen molar-refractivity contribution in [2.75, 3.05) is 25.0 Å². The molecule has 3 N–H and O–H groups in total. The van der Waals surface area contributed by atoms with Gasteiger partial charge in [-0.1, -0.05) is 0 Å². The quantitative estimate of drug-likeness (QED) is 0.376. The summed E-state index contributed by atoms with van der Waals surface area (Å²) in [5.74, 6) is 0.478. The van der Waals surface area contributed by atoms with Gasteiger partial charge in [-0.3, -0.25) is 10.1 Å². The van der Waals surface area contributed by atoms with Crippen LogP contribution in [-0.4, -0.2) is 40.8 Å². The number of aromatic nitrogens is 1. The number of pyridine rings is 1. The van der Waals surface area contributed by atoms with Gasteiger partial charge < -0.3 is 15.7 Å². The second-order valence-electron chi connectivity index (χ2n) is 4.09. The lowest BCUT2D eigenvalue weighted by Gasteiger charge is -2.08. The molecule has 0 saturated carbocycles. The predicted molar refractivity (Wildman–Crippen MR) is 68.7 cm³/mol. The molecule has 0 aliphatic heterocycles. The molecule has 7 nitrogen and oxygen atoms in total. The minimum atomic E-state index is -0.423. The van der Waals surface area contributed by atoms with Crippen molar-refractivity contribution in [1.29, 1.82) is 0 Å². The van der Waals surface area contributed by atoms with Crippen LogP contribution in [0.3, 0.4) is 0 Å². The van der Waals surface area contributed by atoms with Crippen molar-refractivity contribution in [3.63, 3.8) is 0 Å². The maximum atomic E-state index is 10.7. The summed E-state index contributed by atoms with van der Waals surface area (Å²) in [6.45, 7) is 5.10. The Bertz CT molecular complexity index is 409. The lowest BCUT2D eigenvalue weighted by molar-refractivity contribution is -0.385. The topological polar surface area (TPSA) is 100 Å².